The van der Waals surface area contributed by atoms with Gasteiger partial charge in [0.2, 0.25) is 0 Å². The van der Waals surface area contributed by atoms with Crippen molar-refractivity contribution in [1.29, 1.82) is 0 Å². The number of nitrogens with zero attached hydrogens (tertiary/aromatic N) is 1. The summed E-state index contributed by atoms with van der Waals surface area (Å²) in [5, 5.41) is 0. The van der Waals surface area contributed by atoms with Crippen molar-refractivity contribution < 1.29 is 4.74 Å². The summed E-state index contributed by atoms with van der Waals surface area (Å²) < 4.78 is 6.14. The second-order valence-corrected chi connectivity index (χ2v) is 6.84. The first-order chi connectivity index (χ1) is 11.7. The van der Waals surface area contributed by atoms with E-state index >= 15 is 0 Å². The molecule has 1 spiro atoms. The van der Waals surface area contributed by atoms with E-state index in [-0.39, 0.29) is 5.41 Å². The van der Waals surface area contributed by atoms with Gasteiger partial charge in [0.05, 0.1) is 12.0 Å². The van der Waals surface area contributed by atoms with Crippen molar-refractivity contribution in [3.63, 3.8) is 0 Å². The zero-order valence-electron chi connectivity index (χ0n) is 14.6. The van der Waals surface area contributed by atoms with Crippen molar-refractivity contribution in [2.24, 2.45) is 5.41 Å². The summed E-state index contributed by atoms with van der Waals surface area (Å²) >= 11 is 0. The van der Waals surface area contributed by atoms with E-state index in [9.17, 15) is 0 Å². The number of allylic oxidation sites excluding steroid dienone is 4. The molecule has 2 nitrogen and oxygen atoms in total. The molecule has 1 aromatic rings. The zero-order chi connectivity index (χ0) is 16.6. The van der Waals surface area contributed by atoms with Gasteiger partial charge in [-0.05, 0) is 61.5 Å². The molecule has 0 bridgehead atoms. The van der Waals surface area contributed by atoms with Crippen LogP contribution in [0.25, 0.3) is 5.57 Å². The van der Waals surface area contributed by atoms with Gasteiger partial charge in [-0.3, -0.25) is 0 Å². The Morgan fingerprint density at radius 2 is 1.92 bits per heavy atom. The largest absolute Gasteiger partial charge is 0.497 e. The molecule has 4 rings (SSSR count). The molecule has 0 amide bonds. The fourth-order valence-corrected chi connectivity index (χ4v) is 4.24. The van der Waals surface area contributed by atoms with Crippen molar-refractivity contribution in [2.45, 2.75) is 32.6 Å². The third kappa shape index (κ3) is 2.32. The Morgan fingerprint density at radius 1 is 1.12 bits per heavy atom. The molecule has 1 aromatic carbocycles. The highest BCUT2D eigenvalue weighted by Crippen LogP contribution is 2.53. The number of fused-ring (bicyclic) bond motifs is 1. The zero-order valence-corrected chi connectivity index (χ0v) is 14.6. The molecule has 1 atom stereocenters. The van der Waals surface area contributed by atoms with Crippen molar-refractivity contribution >= 4 is 5.57 Å². The summed E-state index contributed by atoms with van der Waals surface area (Å²) in [5.74, 6) is 1.09. The van der Waals surface area contributed by atoms with E-state index in [1.165, 1.54) is 41.7 Å². The lowest BCUT2D eigenvalue weighted by atomic mass is 9.72. The quantitative estimate of drug-likeness (QED) is 0.752. The van der Waals surface area contributed by atoms with Gasteiger partial charge in [0.15, 0.2) is 0 Å². The van der Waals surface area contributed by atoms with Crippen LogP contribution in [0, 0.1) is 5.41 Å². The molecule has 1 aliphatic heterocycles. The lowest BCUT2D eigenvalue weighted by Gasteiger charge is -2.40. The van der Waals surface area contributed by atoms with Gasteiger partial charge in [0.25, 0.3) is 0 Å². The third-order valence-electron chi connectivity index (χ3n) is 5.41. The molecule has 0 aromatic heterocycles. The first-order valence-corrected chi connectivity index (χ1v) is 9.02. The summed E-state index contributed by atoms with van der Waals surface area (Å²) in [4.78, 5) is 2.30. The van der Waals surface area contributed by atoms with Gasteiger partial charge < -0.3 is 9.64 Å². The topological polar surface area (TPSA) is 12.5 Å². The minimum atomic E-state index is -0.177. The Bertz CT molecular complexity index is 753. The van der Waals surface area contributed by atoms with Crippen LogP contribution in [0.5, 0.6) is 0 Å². The van der Waals surface area contributed by atoms with Crippen LogP contribution in [0.3, 0.4) is 0 Å². The summed E-state index contributed by atoms with van der Waals surface area (Å²) in [6, 6.07) is 10.6. The smallest absolute Gasteiger partial charge is 0.115 e. The Kier molecular flexibility index (Phi) is 3.84. The van der Waals surface area contributed by atoms with E-state index in [1.807, 2.05) is 0 Å². The average molecular weight is 319 g/mol. The Morgan fingerprint density at radius 3 is 2.71 bits per heavy atom. The Hall–Kier alpha value is -2.22. The molecule has 0 radical (unpaired) electrons. The maximum Gasteiger partial charge on any atom is 0.115 e. The van der Waals surface area contributed by atoms with Crippen LogP contribution in [0.2, 0.25) is 0 Å². The molecule has 1 unspecified atom stereocenters. The molecular formula is C22H25NO. The van der Waals surface area contributed by atoms with E-state index in [1.54, 1.807) is 0 Å². The van der Waals surface area contributed by atoms with Crippen LogP contribution in [0.1, 0.15) is 38.2 Å². The maximum atomic E-state index is 6.14. The summed E-state index contributed by atoms with van der Waals surface area (Å²) in [5.41, 5.74) is 5.37. The summed E-state index contributed by atoms with van der Waals surface area (Å²) in [6.45, 7) is 2.78. The average Bonchev–Trinajstić information content (AvgIpc) is 2.99. The lowest BCUT2D eigenvalue weighted by molar-refractivity contribution is 0.188. The molecule has 24 heavy (non-hydrogen) atoms. The molecule has 2 aliphatic carbocycles. The van der Waals surface area contributed by atoms with Gasteiger partial charge in [-0.15, -0.1) is 0 Å². The highest BCUT2D eigenvalue weighted by Gasteiger charge is 2.43. The molecule has 0 saturated carbocycles. The van der Waals surface area contributed by atoms with Crippen molar-refractivity contribution in [2.75, 3.05) is 13.7 Å². The van der Waals surface area contributed by atoms with Gasteiger partial charge in [-0.25, -0.2) is 0 Å². The summed E-state index contributed by atoms with van der Waals surface area (Å²) in [7, 11) is 2.17. The first-order valence-electron chi connectivity index (χ1n) is 9.02. The number of ether oxygens (including phenoxy) is 1. The van der Waals surface area contributed by atoms with E-state index in [0.29, 0.717) is 6.61 Å². The second kappa shape index (κ2) is 6.01. The third-order valence-corrected chi connectivity index (χ3v) is 5.41. The maximum absolute atomic E-state index is 6.14. The van der Waals surface area contributed by atoms with Crippen LogP contribution in [0.15, 0.2) is 71.8 Å². The number of hydrogen-bond acceptors (Lipinski definition) is 2. The molecule has 1 heterocycles. The number of hydrogen-bond donors (Lipinski definition) is 0. The molecule has 2 heteroatoms. The van der Waals surface area contributed by atoms with Crippen LogP contribution < -0.4 is 0 Å². The highest BCUT2D eigenvalue weighted by atomic mass is 16.5. The van der Waals surface area contributed by atoms with Gasteiger partial charge in [0.1, 0.15) is 5.76 Å². The van der Waals surface area contributed by atoms with Gasteiger partial charge >= 0.3 is 0 Å². The monoisotopic (exact) mass is 319 g/mol. The molecule has 0 saturated heterocycles. The van der Waals surface area contributed by atoms with Gasteiger partial charge in [-0.1, -0.05) is 36.4 Å². The minimum absolute atomic E-state index is 0.177. The fourth-order valence-electron chi connectivity index (χ4n) is 4.24. The SMILES string of the molecule is CCOC1=CC(c2ccccc2)=CC12C=CN(C)C1=C2CCCC1. The Balaban J connectivity index is 1.85. The molecule has 124 valence electrons. The minimum Gasteiger partial charge on any atom is -0.497 e. The van der Waals surface area contributed by atoms with E-state index < -0.39 is 0 Å². The fraction of sp³-hybridized carbons (Fsp3) is 0.364. The molecular weight excluding hydrogens is 294 g/mol. The van der Waals surface area contributed by atoms with E-state index in [2.05, 4.69) is 73.6 Å². The van der Waals surface area contributed by atoms with Crippen LogP contribution >= 0.6 is 0 Å². The van der Waals surface area contributed by atoms with Crippen LogP contribution in [-0.4, -0.2) is 18.6 Å². The van der Waals surface area contributed by atoms with Crippen LogP contribution in [-0.2, 0) is 4.74 Å². The van der Waals surface area contributed by atoms with Gasteiger partial charge in [0, 0.05) is 18.9 Å². The molecule has 3 aliphatic rings. The lowest BCUT2D eigenvalue weighted by Crippen LogP contribution is -2.32. The van der Waals surface area contributed by atoms with E-state index in [4.69, 9.17) is 4.74 Å². The second-order valence-electron chi connectivity index (χ2n) is 6.84. The van der Waals surface area contributed by atoms with Crippen molar-refractivity contribution in [3.05, 3.63) is 77.4 Å². The van der Waals surface area contributed by atoms with Gasteiger partial charge in [-0.2, -0.15) is 0 Å². The molecule has 0 fully saturated rings. The summed E-state index contributed by atoms with van der Waals surface area (Å²) in [6.07, 6.45) is 14.1. The standard InChI is InChI=1S/C22H25NO/c1-3-24-21-15-18(17-9-5-4-6-10-17)16-22(21)13-14-23(2)20-12-8-7-11-19(20)22/h4-6,9-10,13-16H,3,7-8,11-12H2,1-2H3. The Labute approximate surface area is 144 Å². The van der Waals surface area contributed by atoms with Crippen molar-refractivity contribution in [3.8, 4) is 0 Å². The molecule has 0 N–H and O–H groups in total. The highest BCUT2D eigenvalue weighted by molar-refractivity contribution is 5.81. The normalized spacial score (nSPS) is 25.7. The van der Waals surface area contributed by atoms with Crippen LogP contribution in [0.4, 0.5) is 0 Å². The predicted octanol–water partition coefficient (Wildman–Crippen LogP) is 5.28. The van der Waals surface area contributed by atoms with Crippen molar-refractivity contribution in [1.82, 2.24) is 4.90 Å². The predicted molar refractivity (Wildman–Crippen MR) is 99.0 cm³/mol. The number of rotatable bonds is 3. The van der Waals surface area contributed by atoms with E-state index in [0.717, 1.165) is 12.2 Å². The first kappa shape index (κ1) is 15.3. The number of benzene rings is 1.